The van der Waals surface area contributed by atoms with Gasteiger partial charge in [-0.1, -0.05) is 30.4 Å². The van der Waals surface area contributed by atoms with Crippen molar-refractivity contribution in [1.29, 1.82) is 0 Å². The molecule has 23 heavy (non-hydrogen) atoms. The molecule has 3 atom stereocenters. The molecule has 118 valence electrons. The number of carbonyl (C=O) groups excluding carboxylic acids is 3. The van der Waals surface area contributed by atoms with Crippen LogP contribution in [0.15, 0.2) is 47.9 Å². The van der Waals surface area contributed by atoms with Crippen molar-refractivity contribution < 1.29 is 14.4 Å². The minimum Gasteiger partial charge on any atom is -0.299 e. The van der Waals surface area contributed by atoms with Gasteiger partial charge in [-0.25, -0.2) is 0 Å². The second-order valence-corrected chi connectivity index (χ2v) is 7.04. The van der Waals surface area contributed by atoms with Gasteiger partial charge in [-0.15, -0.1) is 0 Å². The molecule has 2 heterocycles. The number of nitrogens with zero attached hydrogens (tertiary/aromatic N) is 1. The maximum absolute atomic E-state index is 12.8. The van der Waals surface area contributed by atoms with Crippen molar-refractivity contribution in [2.24, 2.45) is 17.3 Å². The number of allylic oxidation sites excluding steroid dienone is 5. The summed E-state index contributed by atoms with van der Waals surface area (Å²) in [5.74, 6) is -1.50. The van der Waals surface area contributed by atoms with Gasteiger partial charge in [0.25, 0.3) is 0 Å². The Morgan fingerprint density at radius 2 is 2.09 bits per heavy atom. The largest absolute Gasteiger partial charge is 0.299 e. The number of ketones is 1. The van der Waals surface area contributed by atoms with Crippen LogP contribution in [-0.2, 0) is 14.4 Å². The number of imide groups is 1. The van der Waals surface area contributed by atoms with E-state index in [0.29, 0.717) is 12.8 Å². The highest BCUT2D eigenvalue weighted by molar-refractivity contribution is 9.07. The number of halogens is 1. The lowest BCUT2D eigenvalue weighted by Gasteiger charge is -2.44. The van der Waals surface area contributed by atoms with Crippen LogP contribution in [0.1, 0.15) is 19.3 Å². The van der Waals surface area contributed by atoms with E-state index in [1.165, 1.54) is 0 Å². The van der Waals surface area contributed by atoms with Crippen molar-refractivity contribution in [3.63, 3.8) is 0 Å². The zero-order chi connectivity index (χ0) is 16.2. The Balaban J connectivity index is 1.84. The number of rotatable bonds is 1. The molecule has 0 saturated carbocycles. The van der Waals surface area contributed by atoms with Gasteiger partial charge in [-0.3, -0.25) is 23.6 Å². The molecule has 5 nitrogen and oxygen atoms in total. The second-order valence-electron chi connectivity index (χ2n) is 6.28. The summed E-state index contributed by atoms with van der Waals surface area (Å²) in [5.41, 5.74) is 1.35. The minimum absolute atomic E-state index is 0.0527. The van der Waals surface area contributed by atoms with Gasteiger partial charge in [0.05, 0.1) is 27.5 Å². The van der Waals surface area contributed by atoms with Crippen molar-refractivity contribution in [3.8, 4) is 0 Å². The van der Waals surface area contributed by atoms with Crippen LogP contribution in [0.25, 0.3) is 0 Å². The monoisotopic (exact) mass is 374 g/mol. The molecule has 3 unspecified atom stereocenters. The van der Waals surface area contributed by atoms with E-state index >= 15 is 0 Å². The van der Waals surface area contributed by atoms with Crippen molar-refractivity contribution in [1.82, 2.24) is 9.24 Å². The highest BCUT2D eigenvalue weighted by Crippen LogP contribution is 2.58. The van der Waals surface area contributed by atoms with Crippen LogP contribution in [0.2, 0.25) is 0 Å². The topological polar surface area (TPSA) is 66.5 Å². The molecule has 6 heteroatoms. The van der Waals surface area contributed by atoms with Gasteiger partial charge in [0.15, 0.2) is 0 Å². The van der Waals surface area contributed by atoms with Crippen LogP contribution in [-0.4, -0.2) is 21.5 Å². The summed E-state index contributed by atoms with van der Waals surface area (Å²) in [5, 5.41) is 2.39. The van der Waals surface area contributed by atoms with E-state index in [0.717, 1.165) is 11.3 Å². The van der Waals surface area contributed by atoms with E-state index in [9.17, 15) is 14.4 Å². The van der Waals surface area contributed by atoms with Gasteiger partial charge in [-0.2, -0.15) is 0 Å². The zero-order valence-corrected chi connectivity index (χ0v) is 13.9. The Morgan fingerprint density at radius 1 is 1.26 bits per heavy atom. The van der Waals surface area contributed by atoms with E-state index in [1.807, 2.05) is 40.5 Å². The Bertz CT molecular complexity index is 749. The minimum atomic E-state index is -0.615. The maximum Gasteiger partial charge on any atom is 0.230 e. The quantitative estimate of drug-likeness (QED) is 0.563. The lowest BCUT2D eigenvalue weighted by atomic mass is 9.58. The van der Waals surface area contributed by atoms with Crippen LogP contribution in [0.4, 0.5) is 0 Å². The van der Waals surface area contributed by atoms with Gasteiger partial charge < -0.3 is 0 Å². The Morgan fingerprint density at radius 3 is 2.87 bits per heavy atom. The molecular formula is C17H15BrN2O3. The standard InChI is InChI=1S/C17H15BrN2O3/c18-20-9-10-3-1-2-8-17(10)13(20)6-5-12(21)15(17)11-4-7-14(22)19-16(11)23/h1-3,6,8-9,11,15H,4-5,7H2,(H,19,22,23). The number of hydrogen-bond acceptors (Lipinski definition) is 4. The summed E-state index contributed by atoms with van der Waals surface area (Å²) in [6.45, 7) is 0. The number of hydrogen-bond donors (Lipinski definition) is 1. The lowest BCUT2D eigenvalue weighted by Crippen LogP contribution is -2.52. The van der Waals surface area contributed by atoms with Crippen LogP contribution in [0, 0.1) is 17.3 Å². The highest BCUT2D eigenvalue weighted by atomic mass is 79.9. The molecule has 1 saturated heterocycles. The van der Waals surface area contributed by atoms with Crippen molar-refractivity contribution in [3.05, 3.63) is 47.9 Å². The van der Waals surface area contributed by atoms with E-state index in [1.54, 1.807) is 0 Å². The highest BCUT2D eigenvalue weighted by Gasteiger charge is 2.57. The van der Waals surface area contributed by atoms with Gasteiger partial charge in [0.1, 0.15) is 5.78 Å². The molecular weight excluding hydrogens is 360 g/mol. The maximum atomic E-state index is 12.8. The van der Waals surface area contributed by atoms with Gasteiger partial charge in [-0.05, 0) is 12.0 Å². The average Bonchev–Trinajstić information content (AvgIpc) is 2.81. The lowest BCUT2D eigenvalue weighted by molar-refractivity contribution is -0.143. The second kappa shape index (κ2) is 5.03. The van der Waals surface area contributed by atoms with E-state index in [2.05, 4.69) is 21.5 Å². The van der Waals surface area contributed by atoms with E-state index in [-0.39, 0.29) is 24.0 Å². The van der Waals surface area contributed by atoms with E-state index in [4.69, 9.17) is 0 Å². The Hall–Kier alpha value is -1.95. The number of carbonyl (C=O) groups is 3. The molecule has 2 aliphatic heterocycles. The summed E-state index contributed by atoms with van der Waals surface area (Å²) in [6, 6.07) is 0. The van der Waals surface area contributed by atoms with Crippen molar-refractivity contribution in [2.45, 2.75) is 19.3 Å². The van der Waals surface area contributed by atoms with Gasteiger partial charge in [0.2, 0.25) is 11.8 Å². The van der Waals surface area contributed by atoms with Gasteiger partial charge in [0, 0.05) is 30.7 Å². The fraction of sp³-hybridized carbons (Fsp3) is 0.353. The molecule has 0 aromatic heterocycles. The average molecular weight is 375 g/mol. The molecule has 4 aliphatic rings. The SMILES string of the molecule is O=C1CCC(C2C(=O)CC=C3N(Br)C=C4C=CC=CC432)C(=O)N1. The molecule has 1 spiro atoms. The number of nitrogens with one attached hydrogen (secondary N) is 1. The molecule has 0 aromatic rings. The smallest absolute Gasteiger partial charge is 0.230 e. The zero-order valence-electron chi connectivity index (χ0n) is 12.3. The van der Waals surface area contributed by atoms with Crippen LogP contribution in [0.3, 0.4) is 0 Å². The van der Waals surface area contributed by atoms with Crippen molar-refractivity contribution >= 4 is 33.7 Å². The third-order valence-electron chi connectivity index (χ3n) is 5.15. The molecule has 4 rings (SSSR count). The fourth-order valence-corrected chi connectivity index (χ4v) is 4.86. The molecule has 1 N–H and O–H groups in total. The summed E-state index contributed by atoms with van der Waals surface area (Å²) in [6.07, 6.45) is 12.7. The van der Waals surface area contributed by atoms with Crippen LogP contribution >= 0.6 is 16.1 Å². The number of Topliss-reactive ketones (excluding diaryl/α,β-unsaturated/α-hetero) is 1. The molecule has 0 aromatic carbocycles. The van der Waals surface area contributed by atoms with Crippen molar-refractivity contribution in [2.75, 3.05) is 0 Å². The van der Waals surface area contributed by atoms with Crippen LogP contribution in [0.5, 0.6) is 0 Å². The third-order valence-corrected chi connectivity index (χ3v) is 5.74. The predicted molar refractivity (Wildman–Crippen MR) is 86.6 cm³/mol. The third kappa shape index (κ3) is 1.94. The van der Waals surface area contributed by atoms with E-state index < -0.39 is 17.3 Å². The summed E-state index contributed by atoms with van der Waals surface area (Å²) >= 11 is 3.52. The first-order chi connectivity index (χ1) is 11.0. The fourth-order valence-electron chi connectivity index (χ4n) is 4.20. The first-order valence-corrected chi connectivity index (χ1v) is 8.35. The molecule has 0 radical (unpaired) electrons. The first kappa shape index (κ1) is 14.6. The normalized spacial score (nSPS) is 35.5. The Kier molecular flexibility index (Phi) is 3.20. The predicted octanol–water partition coefficient (Wildman–Crippen LogP) is 2.13. The number of amides is 2. The molecule has 2 aliphatic carbocycles. The van der Waals surface area contributed by atoms with Gasteiger partial charge >= 0.3 is 0 Å². The van der Waals surface area contributed by atoms with Crippen LogP contribution < -0.4 is 5.32 Å². The number of piperidine rings is 1. The Labute approximate surface area is 142 Å². The molecule has 0 bridgehead atoms. The summed E-state index contributed by atoms with van der Waals surface area (Å²) in [4.78, 5) is 36.7. The molecule has 2 amide bonds. The molecule has 1 fully saturated rings. The summed E-state index contributed by atoms with van der Waals surface area (Å²) < 4.78 is 1.85. The first-order valence-electron chi connectivity index (χ1n) is 7.64. The summed E-state index contributed by atoms with van der Waals surface area (Å²) in [7, 11) is 0.